The zero-order valence-corrected chi connectivity index (χ0v) is 9.66. The van der Waals surface area contributed by atoms with Crippen LogP contribution in [-0.4, -0.2) is 26.5 Å². The highest BCUT2D eigenvalue weighted by Crippen LogP contribution is 2.32. The SMILES string of the molecule is CNCC(C)OCc1ccc2c(c1)OCO2. The third kappa shape index (κ3) is 2.65. The molecule has 0 spiro atoms. The van der Waals surface area contributed by atoms with E-state index in [-0.39, 0.29) is 6.10 Å². The smallest absolute Gasteiger partial charge is 0.231 e. The molecule has 0 aromatic heterocycles. The molecule has 0 radical (unpaired) electrons. The minimum atomic E-state index is 0.204. The first kappa shape index (κ1) is 11.2. The van der Waals surface area contributed by atoms with E-state index in [0.29, 0.717) is 13.4 Å². The molecule has 1 N–H and O–H groups in total. The second-order valence-corrected chi connectivity index (χ2v) is 3.87. The Morgan fingerprint density at radius 1 is 1.38 bits per heavy atom. The summed E-state index contributed by atoms with van der Waals surface area (Å²) in [6.07, 6.45) is 0.204. The molecular weight excluding hydrogens is 206 g/mol. The van der Waals surface area contributed by atoms with Gasteiger partial charge in [-0.05, 0) is 31.7 Å². The van der Waals surface area contributed by atoms with E-state index in [9.17, 15) is 0 Å². The van der Waals surface area contributed by atoms with Gasteiger partial charge in [-0.25, -0.2) is 0 Å². The molecule has 1 aliphatic rings. The molecule has 0 bridgehead atoms. The van der Waals surface area contributed by atoms with Crippen molar-refractivity contribution >= 4 is 0 Å². The summed E-state index contributed by atoms with van der Waals surface area (Å²) in [5, 5.41) is 3.08. The Kier molecular flexibility index (Phi) is 3.64. The summed E-state index contributed by atoms with van der Waals surface area (Å²) in [6, 6.07) is 5.89. The van der Waals surface area contributed by atoms with Gasteiger partial charge in [0, 0.05) is 6.54 Å². The molecule has 1 aromatic carbocycles. The zero-order valence-electron chi connectivity index (χ0n) is 9.66. The van der Waals surface area contributed by atoms with Crippen LogP contribution in [0, 0.1) is 0 Å². The van der Waals surface area contributed by atoms with Gasteiger partial charge in [-0.15, -0.1) is 0 Å². The van der Waals surface area contributed by atoms with Crippen molar-refractivity contribution < 1.29 is 14.2 Å². The van der Waals surface area contributed by atoms with Crippen molar-refractivity contribution in [1.82, 2.24) is 5.32 Å². The highest BCUT2D eigenvalue weighted by atomic mass is 16.7. The average molecular weight is 223 g/mol. The van der Waals surface area contributed by atoms with Crippen LogP contribution >= 0.6 is 0 Å². The molecule has 2 rings (SSSR count). The summed E-state index contributed by atoms with van der Waals surface area (Å²) >= 11 is 0. The molecule has 1 heterocycles. The van der Waals surface area contributed by atoms with Crippen molar-refractivity contribution in [2.75, 3.05) is 20.4 Å². The van der Waals surface area contributed by atoms with Gasteiger partial charge < -0.3 is 19.5 Å². The van der Waals surface area contributed by atoms with Gasteiger partial charge in [-0.2, -0.15) is 0 Å². The maximum Gasteiger partial charge on any atom is 0.231 e. The number of hydrogen-bond donors (Lipinski definition) is 1. The summed E-state index contributed by atoms with van der Waals surface area (Å²) in [5.74, 6) is 1.62. The van der Waals surface area contributed by atoms with Crippen LogP contribution in [0.15, 0.2) is 18.2 Å². The number of likely N-dealkylation sites (N-methyl/N-ethyl adjacent to an activating group) is 1. The lowest BCUT2D eigenvalue weighted by atomic mass is 10.2. The van der Waals surface area contributed by atoms with Crippen molar-refractivity contribution in [3.8, 4) is 11.5 Å². The Morgan fingerprint density at radius 2 is 2.19 bits per heavy atom. The summed E-state index contributed by atoms with van der Waals surface area (Å²) in [6.45, 7) is 3.81. The molecular formula is C12H17NO3. The van der Waals surface area contributed by atoms with Crippen LogP contribution in [0.1, 0.15) is 12.5 Å². The second kappa shape index (κ2) is 5.18. The number of benzene rings is 1. The van der Waals surface area contributed by atoms with E-state index < -0.39 is 0 Å². The average Bonchev–Trinajstić information content (AvgIpc) is 2.74. The Balaban J connectivity index is 1.90. The van der Waals surface area contributed by atoms with Crippen molar-refractivity contribution in [3.63, 3.8) is 0 Å². The molecule has 0 aliphatic carbocycles. The van der Waals surface area contributed by atoms with E-state index in [1.807, 2.05) is 32.2 Å². The minimum Gasteiger partial charge on any atom is -0.454 e. The van der Waals surface area contributed by atoms with Gasteiger partial charge >= 0.3 is 0 Å². The van der Waals surface area contributed by atoms with Gasteiger partial charge in [-0.1, -0.05) is 6.07 Å². The van der Waals surface area contributed by atoms with Crippen LogP contribution in [0.3, 0.4) is 0 Å². The number of ether oxygens (including phenoxy) is 3. The lowest BCUT2D eigenvalue weighted by molar-refractivity contribution is 0.0544. The Morgan fingerprint density at radius 3 is 3.00 bits per heavy atom. The standard InChI is InChI=1S/C12H17NO3/c1-9(6-13-2)14-7-10-3-4-11-12(5-10)16-8-15-11/h3-5,9,13H,6-8H2,1-2H3. The molecule has 4 nitrogen and oxygen atoms in total. The van der Waals surface area contributed by atoms with Gasteiger partial charge in [0.1, 0.15) is 0 Å². The van der Waals surface area contributed by atoms with Crippen molar-refractivity contribution in [1.29, 1.82) is 0 Å². The lowest BCUT2D eigenvalue weighted by Crippen LogP contribution is -2.23. The molecule has 1 aliphatic heterocycles. The predicted octanol–water partition coefficient (Wildman–Crippen LogP) is 1.54. The van der Waals surface area contributed by atoms with Crippen LogP contribution in [0.25, 0.3) is 0 Å². The highest BCUT2D eigenvalue weighted by Gasteiger charge is 2.13. The van der Waals surface area contributed by atoms with E-state index in [1.165, 1.54) is 0 Å². The second-order valence-electron chi connectivity index (χ2n) is 3.87. The van der Waals surface area contributed by atoms with Gasteiger partial charge in [0.25, 0.3) is 0 Å². The molecule has 1 unspecified atom stereocenters. The van der Waals surface area contributed by atoms with Crippen LogP contribution in [0.5, 0.6) is 11.5 Å². The van der Waals surface area contributed by atoms with Gasteiger partial charge in [-0.3, -0.25) is 0 Å². The quantitative estimate of drug-likeness (QED) is 0.822. The van der Waals surface area contributed by atoms with Crippen molar-refractivity contribution in [2.45, 2.75) is 19.6 Å². The summed E-state index contributed by atoms with van der Waals surface area (Å²) in [7, 11) is 1.92. The fraction of sp³-hybridized carbons (Fsp3) is 0.500. The fourth-order valence-corrected chi connectivity index (χ4v) is 1.62. The third-order valence-corrected chi connectivity index (χ3v) is 2.46. The highest BCUT2D eigenvalue weighted by molar-refractivity contribution is 5.44. The molecule has 0 saturated heterocycles. The van der Waals surface area contributed by atoms with Crippen molar-refractivity contribution in [3.05, 3.63) is 23.8 Å². The molecule has 16 heavy (non-hydrogen) atoms. The number of fused-ring (bicyclic) bond motifs is 1. The molecule has 88 valence electrons. The summed E-state index contributed by atoms with van der Waals surface area (Å²) < 4.78 is 16.2. The lowest BCUT2D eigenvalue weighted by Gasteiger charge is -2.12. The Hall–Kier alpha value is -1.26. The predicted molar refractivity (Wildman–Crippen MR) is 60.7 cm³/mol. The number of rotatable bonds is 5. The maximum atomic E-state index is 5.67. The summed E-state index contributed by atoms with van der Waals surface area (Å²) in [5.41, 5.74) is 1.10. The third-order valence-electron chi connectivity index (χ3n) is 2.46. The fourth-order valence-electron chi connectivity index (χ4n) is 1.62. The van der Waals surface area contributed by atoms with Crippen LogP contribution in [-0.2, 0) is 11.3 Å². The number of hydrogen-bond acceptors (Lipinski definition) is 4. The Bertz CT molecular complexity index is 354. The van der Waals surface area contributed by atoms with E-state index in [4.69, 9.17) is 14.2 Å². The molecule has 1 atom stereocenters. The van der Waals surface area contributed by atoms with Gasteiger partial charge in [0.2, 0.25) is 6.79 Å². The monoisotopic (exact) mass is 223 g/mol. The van der Waals surface area contributed by atoms with Gasteiger partial charge in [0.05, 0.1) is 12.7 Å². The largest absolute Gasteiger partial charge is 0.454 e. The molecule has 0 amide bonds. The minimum absolute atomic E-state index is 0.204. The van der Waals surface area contributed by atoms with E-state index in [1.54, 1.807) is 0 Å². The Labute approximate surface area is 95.5 Å². The van der Waals surface area contributed by atoms with Gasteiger partial charge in [0.15, 0.2) is 11.5 Å². The molecule has 1 aromatic rings. The normalized spacial score (nSPS) is 15.1. The summed E-state index contributed by atoms with van der Waals surface area (Å²) in [4.78, 5) is 0. The topological polar surface area (TPSA) is 39.7 Å². The zero-order chi connectivity index (χ0) is 11.4. The van der Waals surface area contributed by atoms with Crippen LogP contribution < -0.4 is 14.8 Å². The first-order valence-electron chi connectivity index (χ1n) is 5.44. The maximum absolute atomic E-state index is 5.67. The van der Waals surface area contributed by atoms with Crippen LogP contribution in [0.2, 0.25) is 0 Å². The molecule has 0 saturated carbocycles. The number of nitrogens with one attached hydrogen (secondary N) is 1. The van der Waals surface area contributed by atoms with Crippen LogP contribution in [0.4, 0.5) is 0 Å². The van der Waals surface area contributed by atoms with E-state index >= 15 is 0 Å². The van der Waals surface area contributed by atoms with E-state index in [2.05, 4.69) is 5.32 Å². The molecule has 0 fully saturated rings. The first-order chi connectivity index (χ1) is 7.79. The molecule has 4 heteroatoms. The van der Waals surface area contributed by atoms with Crippen molar-refractivity contribution in [2.24, 2.45) is 0 Å². The van der Waals surface area contributed by atoms with E-state index in [0.717, 1.165) is 23.6 Å². The first-order valence-corrected chi connectivity index (χ1v) is 5.44.